The maximum atomic E-state index is 6.49. The molecule has 3 heteroatoms. The average molecular weight is 379 g/mol. The zero-order chi connectivity index (χ0) is 19.1. The van der Waals surface area contributed by atoms with Gasteiger partial charge in [-0.3, -0.25) is 0 Å². The van der Waals surface area contributed by atoms with Crippen LogP contribution in [0.4, 0.5) is 0 Å². The molecule has 3 aliphatic carbocycles. The van der Waals surface area contributed by atoms with Gasteiger partial charge in [0.15, 0.2) is 0 Å². The zero-order valence-electron chi connectivity index (χ0n) is 16.7. The Kier molecular flexibility index (Phi) is 4.90. The first-order valence-electron chi connectivity index (χ1n) is 10.7. The molecule has 6 atom stereocenters. The Morgan fingerprint density at radius 1 is 1.04 bits per heavy atom. The normalized spacial score (nSPS) is 31.8. The summed E-state index contributed by atoms with van der Waals surface area (Å²) in [5, 5.41) is 2.35. The van der Waals surface area contributed by atoms with Crippen molar-refractivity contribution < 1.29 is 14.2 Å². The van der Waals surface area contributed by atoms with Crippen molar-refractivity contribution in [2.24, 2.45) is 23.7 Å². The van der Waals surface area contributed by atoms with Gasteiger partial charge in [0.05, 0.1) is 6.10 Å². The van der Waals surface area contributed by atoms with E-state index in [0.717, 1.165) is 40.4 Å². The Morgan fingerprint density at radius 3 is 2.71 bits per heavy atom. The van der Waals surface area contributed by atoms with Gasteiger partial charge in [-0.1, -0.05) is 37.3 Å². The molecule has 6 unspecified atom stereocenters. The number of ether oxygens (including phenoxy) is 3. The minimum Gasteiger partial charge on any atom is -0.462 e. The number of benzene rings is 2. The first-order valence-corrected chi connectivity index (χ1v) is 10.7. The molecule has 2 aromatic rings. The van der Waals surface area contributed by atoms with E-state index in [4.69, 9.17) is 14.2 Å². The Morgan fingerprint density at radius 2 is 1.86 bits per heavy atom. The number of fused-ring (bicyclic) bond motifs is 6. The van der Waals surface area contributed by atoms with E-state index in [0.29, 0.717) is 12.7 Å². The fourth-order valence-corrected chi connectivity index (χ4v) is 6.19. The predicted octanol–water partition coefficient (Wildman–Crippen LogP) is 5.68. The summed E-state index contributed by atoms with van der Waals surface area (Å²) < 4.78 is 18.1. The standard InChI is InChI=1S/C25H30O3/c1-3-16-7-8-18-12-20(10-9-17(18)11-16)27-25(15-26-2)28-24-14-19-13-23(24)22-6-4-5-21(19)22/h3,7-12,19,21-25H,1,4-6,13-15H2,2H3. The van der Waals surface area contributed by atoms with E-state index in [1.165, 1.54) is 37.5 Å². The predicted molar refractivity (Wildman–Crippen MR) is 112 cm³/mol. The van der Waals surface area contributed by atoms with Crippen LogP contribution < -0.4 is 4.74 Å². The Balaban J connectivity index is 1.29. The number of hydrogen-bond acceptors (Lipinski definition) is 3. The van der Waals surface area contributed by atoms with Crippen LogP contribution in [0.2, 0.25) is 0 Å². The van der Waals surface area contributed by atoms with Crippen LogP contribution in [0.3, 0.4) is 0 Å². The molecule has 2 bridgehead atoms. The summed E-state index contributed by atoms with van der Waals surface area (Å²) in [4.78, 5) is 0. The third kappa shape index (κ3) is 3.25. The van der Waals surface area contributed by atoms with Gasteiger partial charge in [-0.25, -0.2) is 0 Å². The van der Waals surface area contributed by atoms with Crippen LogP contribution in [0.25, 0.3) is 16.8 Å². The Labute approximate surface area is 167 Å². The van der Waals surface area contributed by atoms with Gasteiger partial charge in [-0.2, -0.15) is 0 Å². The highest BCUT2D eigenvalue weighted by molar-refractivity contribution is 5.85. The minimum absolute atomic E-state index is 0.333. The third-order valence-corrected chi connectivity index (χ3v) is 7.34. The highest BCUT2D eigenvalue weighted by Crippen LogP contribution is 2.59. The summed E-state index contributed by atoms with van der Waals surface area (Å²) in [6.45, 7) is 4.30. The summed E-state index contributed by atoms with van der Waals surface area (Å²) in [6.07, 6.45) is 8.69. The lowest BCUT2D eigenvalue weighted by molar-refractivity contribution is -0.164. The van der Waals surface area contributed by atoms with Gasteiger partial charge in [-0.15, -0.1) is 0 Å². The summed E-state index contributed by atoms with van der Waals surface area (Å²) in [7, 11) is 1.71. The minimum atomic E-state index is -0.348. The molecule has 28 heavy (non-hydrogen) atoms. The lowest BCUT2D eigenvalue weighted by Crippen LogP contribution is -2.37. The first kappa shape index (κ1) is 18.2. The molecule has 0 aromatic heterocycles. The molecule has 148 valence electrons. The molecule has 2 aromatic carbocycles. The highest BCUT2D eigenvalue weighted by atomic mass is 16.7. The average Bonchev–Trinajstić information content (AvgIpc) is 3.41. The van der Waals surface area contributed by atoms with E-state index in [9.17, 15) is 0 Å². The van der Waals surface area contributed by atoms with Gasteiger partial charge in [0.1, 0.15) is 12.4 Å². The van der Waals surface area contributed by atoms with Crippen molar-refractivity contribution in [3.05, 3.63) is 48.5 Å². The van der Waals surface area contributed by atoms with Gasteiger partial charge in [-0.05, 0) is 83.9 Å². The van der Waals surface area contributed by atoms with Crippen molar-refractivity contribution in [1.29, 1.82) is 0 Å². The van der Waals surface area contributed by atoms with Crippen molar-refractivity contribution in [2.75, 3.05) is 13.7 Å². The van der Waals surface area contributed by atoms with Crippen LogP contribution in [-0.2, 0) is 9.47 Å². The van der Waals surface area contributed by atoms with Crippen LogP contribution in [0.15, 0.2) is 43.0 Å². The molecule has 0 radical (unpaired) electrons. The molecule has 5 rings (SSSR count). The number of rotatable bonds is 7. The van der Waals surface area contributed by atoms with E-state index >= 15 is 0 Å². The van der Waals surface area contributed by atoms with Crippen molar-refractivity contribution >= 4 is 16.8 Å². The van der Waals surface area contributed by atoms with Crippen molar-refractivity contribution in [2.45, 2.75) is 44.5 Å². The van der Waals surface area contributed by atoms with Gasteiger partial charge in [0, 0.05) is 7.11 Å². The zero-order valence-corrected chi connectivity index (χ0v) is 16.7. The summed E-state index contributed by atoms with van der Waals surface area (Å²) in [5.41, 5.74) is 1.13. The summed E-state index contributed by atoms with van der Waals surface area (Å²) in [6, 6.07) is 12.5. The largest absolute Gasteiger partial charge is 0.462 e. The molecular weight excluding hydrogens is 348 g/mol. The molecule has 0 aliphatic heterocycles. The monoisotopic (exact) mass is 378 g/mol. The fourth-order valence-electron chi connectivity index (χ4n) is 6.19. The second-order valence-corrected chi connectivity index (χ2v) is 8.80. The topological polar surface area (TPSA) is 27.7 Å². The molecular formula is C25H30O3. The SMILES string of the molecule is C=Cc1ccc2cc(OC(COC)OC3CC4CC3C3CCCC43)ccc2c1. The number of methoxy groups -OCH3 is 1. The molecule has 0 saturated heterocycles. The number of hydrogen-bond donors (Lipinski definition) is 0. The van der Waals surface area contributed by atoms with E-state index in [1.807, 2.05) is 12.1 Å². The highest BCUT2D eigenvalue weighted by Gasteiger charge is 2.54. The molecule has 0 amide bonds. The van der Waals surface area contributed by atoms with E-state index < -0.39 is 0 Å². The second kappa shape index (κ2) is 7.53. The Bertz CT molecular complexity index is 860. The van der Waals surface area contributed by atoms with Crippen molar-refractivity contribution in [3.8, 4) is 5.75 Å². The first-order chi connectivity index (χ1) is 13.7. The van der Waals surface area contributed by atoms with E-state index in [1.54, 1.807) is 7.11 Å². The van der Waals surface area contributed by atoms with E-state index in [2.05, 4.69) is 36.9 Å². The van der Waals surface area contributed by atoms with Crippen LogP contribution in [0.5, 0.6) is 5.75 Å². The van der Waals surface area contributed by atoms with Crippen LogP contribution in [0, 0.1) is 23.7 Å². The van der Waals surface area contributed by atoms with E-state index in [-0.39, 0.29) is 6.29 Å². The van der Waals surface area contributed by atoms with Gasteiger partial charge >= 0.3 is 0 Å². The van der Waals surface area contributed by atoms with Crippen LogP contribution in [-0.4, -0.2) is 26.1 Å². The molecule has 0 spiro atoms. The molecule has 3 nitrogen and oxygen atoms in total. The molecule has 3 aliphatic rings. The maximum absolute atomic E-state index is 6.49. The molecule has 0 N–H and O–H groups in total. The molecule has 0 heterocycles. The summed E-state index contributed by atoms with van der Waals surface area (Å²) in [5.74, 6) is 4.32. The fraction of sp³-hybridized carbons (Fsp3) is 0.520. The molecule has 3 saturated carbocycles. The smallest absolute Gasteiger partial charge is 0.223 e. The van der Waals surface area contributed by atoms with Gasteiger partial charge in [0.2, 0.25) is 6.29 Å². The van der Waals surface area contributed by atoms with Crippen molar-refractivity contribution in [1.82, 2.24) is 0 Å². The van der Waals surface area contributed by atoms with Gasteiger partial charge in [0.25, 0.3) is 0 Å². The van der Waals surface area contributed by atoms with Gasteiger partial charge < -0.3 is 14.2 Å². The summed E-state index contributed by atoms with van der Waals surface area (Å²) >= 11 is 0. The lowest BCUT2D eigenvalue weighted by atomic mass is 9.80. The van der Waals surface area contributed by atoms with Crippen LogP contribution >= 0.6 is 0 Å². The maximum Gasteiger partial charge on any atom is 0.223 e. The van der Waals surface area contributed by atoms with Crippen molar-refractivity contribution in [3.63, 3.8) is 0 Å². The second-order valence-electron chi connectivity index (χ2n) is 8.80. The quantitative estimate of drug-likeness (QED) is 0.581. The Hall–Kier alpha value is -1.84. The molecule has 3 fully saturated rings. The van der Waals surface area contributed by atoms with Crippen LogP contribution in [0.1, 0.15) is 37.7 Å². The lowest BCUT2D eigenvalue weighted by Gasteiger charge is -2.33. The third-order valence-electron chi connectivity index (χ3n) is 7.34.